The standard InChI is InChI=1S/C15H19N5O/c1-12-3-5-13(6-4-12)20-11-14(16-17-20)15(21)19-9-7-18(2)8-10-19/h3-6,11H,7-10H2,1-2H3. The first-order chi connectivity index (χ1) is 10.1. The lowest BCUT2D eigenvalue weighted by Gasteiger charge is -2.31. The van der Waals surface area contributed by atoms with Gasteiger partial charge >= 0.3 is 0 Å². The second-order valence-corrected chi connectivity index (χ2v) is 5.48. The molecule has 1 aliphatic rings. The van der Waals surface area contributed by atoms with Crippen LogP contribution in [0.3, 0.4) is 0 Å². The lowest BCUT2D eigenvalue weighted by atomic mass is 10.2. The fourth-order valence-corrected chi connectivity index (χ4v) is 2.36. The number of benzene rings is 1. The third-order valence-electron chi connectivity index (χ3n) is 3.80. The SMILES string of the molecule is Cc1ccc(-n2cc(C(=O)N3CCN(C)CC3)nn2)cc1. The van der Waals surface area contributed by atoms with E-state index in [-0.39, 0.29) is 5.91 Å². The highest BCUT2D eigenvalue weighted by Crippen LogP contribution is 2.10. The molecule has 0 aliphatic carbocycles. The van der Waals surface area contributed by atoms with Crippen LogP contribution in [0.4, 0.5) is 0 Å². The van der Waals surface area contributed by atoms with Gasteiger partial charge in [0.05, 0.1) is 11.9 Å². The number of hydrogen-bond acceptors (Lipinski definition) is 4. The third-order valence-corrected chi connectivity index (χ3v) is 3.80. The van der Waals surface area contributed by atoms with Crippen molar-refractivity contribution in [1.82, 2.24) is 24.8 Å². The number of carbonyl (C=O) groups is 1. The number of hydrogen-bond donors (Lipinski definition) is 0. The Hall–Kier alpha value is -2.21. The Morgan fingerprint density at radius 2 is 1.76 bits per heavy atom. The zero-order valence-corrected chi connectivity index (χ0v) is 12.4. The summed E-state index contributed by atoms with van der Waals surface area (Å²) in [5.74, 6) is -0.0403. The lowest BCUT2D eigenvalue weighted by Crippen LogP contribution is -2.47. The van der Waals surface area contributed by atoms with Gasteiger partial charge in [0.25, 0.3) is 5.91 Å². The van der Waals surface area contributed by atoms with Crippen LogP contribution in [-0.2, 0) is 0 Å². The molecule has 0 radical (unpaired) electrons. The van der Waals surface area contributed by atoms with Crippen LogP contribution in [0.2, 0.25) is 0 Å². The monoisotopic (exact) mass is 285 g/mol. The van der Waals surface area contributed by atoms with Gasteiger partial charge in [0.2, 0.25) is 0 Å². The minimum atomic E-state index is -0.0403. The molecule has 0 spiro atoms. The minimum absolute atomic E-state index is 0.0403. The van der Waals surface area contributed by atoms with Crippen LogP contribution in [0.1, 0.15) is 16.1 Å². The zero-order valence-electron chi connectivity index (χ0n) is 12.4. The largest absolute Gasteiger partial charge is 0.335 e. The highest BCUT2D eigenvalue weighted by atomic mass is 16.2. The molecule has 1 aromatic carbocycles. The summed E-state index contributed by atoms with van der Waals surface area (Å²) in [6, 6.07) is 7.96. The number of aryl methyl sites for hydroxylation is 1. The van der Waals surface area contributed by atoms with Crippen LogP contribution in [-0.4, -0.2) is 63.9 Å². The molecule has 0 saturated carbocycles. The molecular formula is C15H19N5O. The van der Waals surface area contributed by atoms with Crippen LogP contribution >= 0.6 is 0 Å². The third kappa shape index (κ3) is 2.95. The predicted molar refractivity (Wildman–Crippen MR) is 79.5 cm³/mol. The van der Waals surface area contributed by atoms with Gasteiger partial charge in [-0.25, -0.2) is 4.68 Å². The van der Waals surface area contributed by atoms with E-state index in [4.69, 9.17) is 0 Å². The molecule has 1 saturated heterocycles. The Balaban J connectivity index is 1.75. The van der Waals surface area contributed by atoms with Gasteiger partial charge in [0.15, 0.2) is 5.69 Å². The average Bonchev–Trinajstić information content (AvgIpc) is 2.98. The summed E-state index contributed by atoms with van der Waals surface area (Å²) in [6.07, 6.45) is 1.70. The fraction of sp³-hybridized carbons (Fsp3) is 0.400. The maximum absolute atomic E-state index is 12.4. The molecule has 1 amide bonds. The van der Waals surface area contributed by atoms with Gasteiger partial charge in [-0.15, -0.1) is 5.10 Å². The quantitative estimate of drug-likeness (QED) is 0.825. The highest BCUT2D eigenvalue weighted by molar-refractivity contribution is 5.92. The van der Waals surface area contributed by atoms with E-state index >= 15 is 0 Å². The highest BCUT2D eigenvalue weighted by Gasteiger charge is 2.22. The van der Waals surface area contributed by atoms with Crippen molar-refractivity contribution in [2.75, 3.05) is 33.2 Å². The molecule has 0 atom stereocenters. The van der Waals surface area contributed by atoms with E-state index < -0.39 is 0 Å². The molecule has 2 heterocycles. The second-order valence-electron chi connectivity index (χ2n) is 5.48. The van der Waals surface area contributed by atoms with Crippen molar-refractivity contribution in [3.8, 4) is 5.69 Å². The van der Waals surface area contributed by atoms with E-state index in [1.165, 1.54) is 5.56 Å². The van der Waals surface area contributed by atoms with Crippen molar-refractivity contribution in [3.05, 3.63) is 41.7 Å². The van der Waals surface area contributed by atoms with Gasteiger partial charge in [-0.1, -0.05) is 22.9 Å². The van der Waals surface area contributed by atoms with Crippen molar-refractivity contribution in [1.29, 1.82) is 0 Å². The molecule has 0 unspecified atom stereocenters. The second kappa shape index (κ2) is 5.65. The van der Waals surface area contributed by atoms with Crippen molar-refractivity contribution in [2.45, 2.75) is 6.92 Å². The number of rotatable bonds is 2. The smallest absolute Gasteiger partial charge is 0.276 e. The van der Waals surface area contributed by atoms with Crippen molar-refractivity contribution in [2.24, 2.45) is 0 Å². The van der Waals surface area contributed by atoms with Gasteiger partial charge in [-0.05, 0) is 26.1 Å². The Morgan fingerprint density at radius 1 is 1.10 bits per heavy atom. The number of carbonyl (C=O) groups excluding carboxylic acids is 1. The number of nitrogens with zero attached hydrogens (tertiary/aromatic N) is 5. The van der Waals surface area contributed by atoms with Gasteiger partial charge in [-0.2, -0.15) is 0 Å². The summed E-state index contributed by atoms with van der Waals surface area (Å²) < 4.78 is 1.64. The molecule has 1 fully saturated rings. The molecule has 1 aliphatic heterocycles. The summed E-state index contributed by atoms with van der Waals surface area (Å²) in [4.78, 5) is 16.4. The first-order valence-corrected chi connectivity index (χ1v) is 7.11. The normalized spacial score (nSPS) is 16.2. The van der Waals surface area contributed by atoms with Crippen LogP contribution in [0.15, 0.2) is 30.5 Å². The van der Waals surface area contributed by atoms with E-state index in [1.807, 2.05) is 36.1 Å². The number of amides is 1. The topological polar surface area (TPSA) is 54.3 Å². The van der Waals surface area contributed by atoms with Crippen molar-refractivity contribution < 1.29 is 4.79 Å². The van der Waals surface area contributed by atoms with Gasteiger partial charge in [0.1, 0.15) is 0 Å². The molecule has 0 bridgehead atoms. The Morgan fingerprint density at radius 3 is 2.43 bits per heavy atom. The molecule has 6 heteroatoms. The molecule has 6 nitrogen and oxygen atoms in total. The van der Waals surface area contributed by atoms with Gasteiger partial charge in [-0.3, -0.25) is 4.79 Å². The van der Waals surface area contributed by atoms with E-state index in [0.717, 1.165) is 31.9 Å². The summed E-state index contributed by atoms with van der Waals surface area (Å²) in [5, 5.41) is 8.07. The molecule has 110 valence electrons. The van der Waals surface area contributed by atoms with E-state index in [1.54, 1.807) is 10.9 Å². The van der Waals surface area contributed by atoms with Crippen LogP contribution in [0.5, 0.6) is 0 Å². The molecule has 21 heavy (non-hydrogen) atoms. The number of piperazine rings is 1. The van der Waals surface area contributed by atoms with Crippen molar-refractivity contribution >= 4 is 5.91 Å². The summed E-state index contributed by atoms with van der Waals surface area (Å²) in [6.45, 7) is 5.32. The molecule has 3 rings (SSSR count). The van der Waals surface area contributed by atoms with Gasteiger partial charge in [0, 0.05) is 26.2 Å². The maximum atomic E-state index is 12.4. The zero-order chi connectivity index (χ0) is 14.8. The molecular weight excluding hydrogens is 266 g/mol. The van der Waals surface area contributed by atoms with Gasteiger partial charge < -0.3 is 9.80 Å². The van der Waals surface area contributed by atoms with Crippen LogP contribution in [0, 0.1) is 6.92 Å². The van der Waals surface area contributed by atoms with E-state index in [2.05, 4.69) is 22.3 Å². The maximum Gasteiger partial charge on any atom is 0.276 e. The van der Waals surface area contributed by atoms with E-state index in [0.29, 0.717) is 5.69 Å². The lowest BCUT2D eigenvalue weighted by molar-refractivity contribution is 0.0658. The molecule has 0 N–H and O–H groups in total. The molecule has 2 aromatic rings. The minimum Gasteiger partial charge on any atom is -0.335 e. The summed E-state index contributed by atoms with van der Waals surface area (Å²) in [7, 11) is 2.06. The number of aromatic nitrogens is 3. The number of likely N-dealkylation sites (N-methyl/N-ethyl adjacent to an activating group) is 1. The Labute approximate surface area is 124 Å². The fourth-order valence-electron chi connectivity index (χ4n) is 2.36. The van der Waals surface area contributed by atoms with E-state index in [9.17, 15) is 4.79 Å². The first kappa shape index (κ1) is 13.8. The van der Waals surface area contributed by atoms with Crippen LogP contribution in [0.25, 0.3) is 5.69 Å². The molecule has 1 aromatic heterocycles. The Kier molecular flexibility index (Phi) is 3.70. The first-order valence-electron chi connectivity index (χ1n) is 7.11. The van der Waals surface area contributed by atoms with Crippen molar-refractivity contribution in [3.63, 3.8) is 0 Å². The summed E-state index contributed by atoms with van der Waals surface area (Å²) >= 11 is 0. The predicted octanol–water partition coefficient (Wildman–Crippen LogP) is 0.963. The summed E-state index contributed by atoms with van der Waals surface area (Å²) in [5.41, 5.74) is 2.50. The van der Waals surface area contributed by atoms with Crippen LogP contribution < -0.4 is 0 Å². The Bertz CT molecular complexity index is 626. The average molecular weight is 285 g/mol.